The van der Waals surface area contributed by atoms with Crippen LogP contribution >= 0.6 is 23.1 Å². The van der Waals surface area contributed by atoms with Gasteiger partial charge in [-0.1, -0.05) is 25.5 Å². The smallest absolute Gasteiger partial charge is 0.133 e. The van der Waals surface area contributed by atoms with E-state index in [0.29, 0.717) is 0 Å². The summed E-state index contributed by atoms with van der Waals surface area (Å²) in [5.41, 5.74) is 9.00. The molecule has 0 aliphatic heterocycles. The summed E-state index contributed by atoms with van der Waals surface area (Å²) in [4.78, 5) is 0.805. The Bertz CT molecular complexity index is 588. The maximum Gasteiger partial charge on any atom is 0.133 e. The first-order valence-electron chi connectivity index (χ1n) is 6.52. The second-order valence-corrected chi connectivity index (χ2v) is 6.63. The second-order valence-electron chi connectivity index (χ2n) is 4.50. The summed E-state index contributed by atoms with van der Waals surface area (Å²) in [7, 11) is 0. The molecule has 3 nitrogen and oxygen atoms in total. The largest absolute Gasteiger partial charge is 0.383 e. The van der Waals surface area contributed by atoms with E-state index >= 15 is 0 Å². The third kappa shape index (κ3) is 3.55. The van der Waals surface area contributed by atoms with Crippen molar-refractivity contribution in [2.75, 3.05) is 11.6 Å². The fraction of sp³-hybridized carbons (Fsp3) is 0.267. The molecule has 2 rings (SSSR count). The number of thiophene rings is 1. The molecule has 0 saturated heterocycles. The summed E-state index contributed by atoms with van der Waals surface area (Å²) in [5.74, 6) is 0.122. The van der Waals surface area contributed by atoms with Crippen LogP contribution in [0.3, 0.4) is 0 Å². The highest BCUT2D eigenvalue weighted by molar-refractivity contribution is 8.00. The molecule has 0 amide bonds. The third-order valence-electron chi connectivity index (χ3n) is 2.92. The number of aryl methyl sites for hydroxylation is 1. The SMILES string of the molecule is CCCc1ccc(Nc2cc(C(=N)N)sc2SC)cc1. The summed E-state index contributed by atoms with van der Waals surface area (Å²) in [6.07, 6.45) is 4.31. The molecule has 0 spiro atoms. The Balaban J connectivity index is 2.18. The van der Waals surface area contributed by atoms with Gasteiger partial charge in [-0.25, -0.2) is 0 Å². The first-order valence-corrected chi connectivity index (χ1v) is 8.56. The summed E-state index contributed by atoms with van der Waals surface area (Å²) in [6, 6.07) is 10.4. The number of benzene rings is 1. The van der Waals surface area contributed by atoms with Crippen LogP contribution in [0, 0.1) is 5.41 Å². The average Bonchev–Trinajstić information content (AvgIpc) is 2.84. The molecule has 0 atom stereocenters. The Morgan fingerprint density at radius 3 is 2.60 bits per heavy atom. The second kappa shape index (κ2) is 6.81. The molecule has 0 aliphatic rings. The molecule has 1 aromatic heterocycles. The maximum atomic E-state index is 7.53. The normalized spacial score (nSPS) is 10.5. The van der Waals surface area contributed by atoms with Gasteiger partial charge in [0.2, 0.25) is 0 Å². The number of nitrogen functional groups attached to an aromatic ring is 1. The maximum absolute atomic E-state index is 7.53. The number of hydrogen-bond acceptors (Lipinski definition) is 4. The molecule has 4 N–H and O–H groups in total. The van der Waals surface area contributed by atoms with Crippen molar-refractivity contribution in [2.45, 2.75) is 24.0 Å². The van der Waals surface area contributed by atoms with Gasteiger partial charge in [0.15, 0.2) is 0 Å². The van der Waals surface area contributed by atoms with Crippen LogP contribution in [0.1, 0.15) is 23.8 Å². The third-order valence-corrected chi connectivity index (χ3v) is 5.22. The molecule has 20 heavy (non-hydrogen) atoms. The van der Waals surface area contributed by atoms with Crippen molar-refractivity contribution in [3.63, 3.8) is 0 Å². The highest BCUT2D eigenvalue weighted by Gasteiger charge is 2.10. The number of anilines is 2. The number of hydrogen-bond donors (Lipinski definition) is 3. The topological polar surface area (TPSA) is 61.9 Å². The minimum atomic E-state index is 0.122. The van der Waals surface area contributed by atoms with Crippen molar-refractivity contribution in [2.24, 2.45) is 5.73 Å². The van der Waals surface area contributed by atoms with Gasteiger partial charge in [-0.2, -0.15) is 0 Å². The summed E-state index contributed by atoms with van der Waals surface area (Å²) >= 11 is 3.22. The molecule has 106 valence electrons. The number of thioether (sulfide) groups is 1. The zero-order chi connectivity index (χ0) is 14.5. The van der Waals surface area contributed by atoms with Crippen molar-refractivity contribution in [3.05, 3.63) is 40.8 Å². The molecular formula is C15H19N3S2. The zero-order valence-corrected chi connectivity index (χ0v) is 13.3. The van der Waals surface area contributed by atoms with Crippen LogP contribution in [0.25, 0.3) is 0 Å². The standard InChI is InChI=1S/C15H19N3S2/c1-3-4-10-5-7-11(8-6-10)18-12-9-13(14(16)17)20-15(12)19-2/h5-9,18H,3-4H2,1-2H3,(H3,16,17). The fourth-order valence-electron chi connectivity index (χ4n) is 1.94. The van der Waals surface area contributed by atoms with Gasteiger partial charge in [0.1, 0.15) is 5.84 Å². The summed E-state index contributed by atoms with van der Waals surface area (Å²) < 4.78 is 1.15. The predicted octanol–water partition coefficient (Wildman–Crippen LogP) is 4.45. The van der Waals surface area contributed by atoms with Gasteiger partial charge < -0.3 is 11.1 Å². The number of amidine groups is 1. The Morgan fingerprint density at radius 2 is 2.05 bits per heavy atom. The lowest BCUT2D eigenvalue weighted by Crippen LogP contribution is -2.08. The Morgan fingerprint density at radius 1 is 1.35 bits per heavy atom. The monoisotopic (exact) mass is 305 g/mol. The minimum Gasteiger partial charge on any atom is -0.383 e. The van der Waals surface area contributed by atoms with Crippen LogP contribution in [0.4, 0.5) is 11.4 Å². The van der Waals surface area contributed by atoms with E-state index in [9.17, 15) is 0 Å². The van der Waals surface area contributed by atoms with E-state index in [1.165, 1.54) is 5.56 Å². The molecule has 1 aromatic carbocycles. The van der Waals surface area contributed by atoms with E-state index in [4.69, 9.17) is 11.1 Å². The first-order chi connectivity index (χ1) is 9.63. The molecular weight excluding hydrogens is 286 g/mol. The molecule has 0 bridgehead atoms. The quantitative estimate of drug-likeness (QED) is 0.420. The van der Waals surface area contributed by atoms with E-state index in [-0.39, 0.29) is 5.84 Å². The van der Waals surface area contributed by atoms with Gasteiger partial charge >= 0.3 is 0 Å². The molecule has 2 aromatic rings. The van der Waals surface area contributed by atoms with Crippen molar-refractivity contribution >= 4 is 40.3 Å². The van der Waals surface area contributed by atoms with E-state index < -0.39 is 0 Å². The molecule has 0 aliphatic carbocycles. The lowest BCUT2D eigenvalue weighted by atomic mass is 10.1. The fourth-order valence-corrected chi connectivity index (χ4v) is 3.58. The molecule has 1 heterocycles. The van der Waals surface area contributed by atoms with Gasteiger partial charge in [-0.15, -0.1) is 23.1 Å². The van der Waals surface area contributed by atoms with Gasteiger partial charge in [0.25, 0.3) is 0 Å². The highest BCUT2D eigenvalue weighted by atomic mass is 32.2. The van der Waals surface area contributed by atoms with Crippen molar-refractivity contribution in [1.29, 1.82) is 5.41 Å². The zero-order valence-electron chi connectivity index (χ0n) is 11.7. The van der Waals surface area contributed by atoms with Crippen LogP contribution in [-0.4, -0.2) is 12.1 Å². The number of rotatable bonds is 6. The van der Waals surface area contributed by atoms with Gasteiger partial charge in [0, 0.05) is 5.69 Å². The van der Waals surface area contributed by atoms with E-state index in [2.05, 4.69) is 36.5 Å². The van der Waals surface area contributed by atoms with Crippen LogP contribution in [-0.2, 0) is 6.42 Å². The molecule has 0 fully saturated rings. The van der Waals surface area contributed by atoms with Crippen LogP contribution in [0.2, 0.25) is 0 Å². The van der Waals surface area contributed by atoms with Gasteiger partial charge in [-0.3, -0.25) is 5.41 Å². The Labute approximate surface area is 128 Å². The highest BCUT2D eigenvalue weighted by Crippen LogP contribution is 2.36. The van der Waals surface area contributed by atoms with Crippen LogP contribution < -0.4 is 11.1 Å². The van der Waals surface area contributed by atoms with Crippen LogP contribution in [0.5, 0.6) is 0 Å². The van der Waals surface area contributed by atoms with Crippen molar-refractivity contribution in [1.82, 2.24) is 0 Å². The predicted molar refractivity (Wildman–Crippen MR) is 90.8 cm³/mol. The molecule has 0 saturated carbocycles. The number of nitrogens with two attached hydrogens (primary N) is 1. The van der Waals surface area contributed by atoms with Crippen molar-refractivity contribution in [3.8, 4) is 0 Å². The summed E-state index contributed by atoms with van der Waals surface area (Å²) in [6.45, 7) is 2.19. The first kappa shape index (κ1) is 14.9. The van der Waals surface area contributed by atoms with E-state index in [0.717, 1.165) is 33.3 Å². The van der Waals surface area contributed by atoms with Crippen molar-refractivity contribution < 1.29 is 0 Å². The molecule has 5 heteroatoms. The van der Waals surface area contributed by atoms with Gasteiger partial charge in [-0.05, 0) is 36.4 Å². The Hall–Kier alpha value is -1.46. The summed E-state index contributed by atoms with van der Waals surface area (Å²) in [5, 5.41) is 10.9. The molecule has 0 radical (unpaired) electrons. The Kier molecular flexibility index (Phi) is 5.09. The lowest BCUT2D eigenvalue weighted by Gasteiger charge is -2.07. The van der Waals surface area contributed by atoms with E-state index in [1.807, 2.05) is 12.3 Å². The van der Waals surface area contributed by atoms with Crippen LogP contribution in [0.15, 0.2) is 34.5 Å². The molecule has 0 unspecified atom stereocenters. The van der Waals surface area contributed by atoms with E-state index in [1.54, 1.807) is 23.1 Å². The minimum absolute atomic E-state index is 0.122. The lowest BCUT2D eigenvalue weighted by molar-refractivity contribution is 0.922. The van der Waals surface area contributed by atoms with Gasteiger partial charge in [0.05, 0.1) is 14.8 Å². The number of nitrogens with one attached hydrogen (secondary N) is 2. The average molecular weight is 305 g/mol.